The quantitative estimate of drug-likeness (QED) is 0.873. The fraction of sp³-hybridized carbons (Fsp3) is 0.333. The first-order valence-corrected chi connectivity index (χ1v) is 5.06. The highest BCUT2D eigenvalue weighted by molar-refractivity contribution is 9.10. The van der Waals surface area contributed by atoms with Crippen LogP contribution in [0.25, 0.3) is 0 Å². The molecule has 1 aromatic heterocycles. The van der Waals surface area contributed by atoms with Crippen LogP contribution >= 0.6 is 15.9 Å². The van der Waals surface area contributed by atoms with Crippen LogP contribution in [0.2, 0.25) is 0 Å². The van der Waals surface area contributed by atoms with Gasteiger partial charge in [0.05, 0.1) is 5.92 Å². The van der Waals surface area contributed by atoms with E-state index in [0.717, 1.165) is 0 Å². The minimum atomic E-state index is -0.948. The van der Waals surface area contributed by atoms with Gasteiger partial charge in [0, 0.05) is 6.54 Å². The van der Waals surface area contributed by atoms with Gasteiger partial charge < -0.3 is 14.8 Å². The number of carbonyl (C=O) groups is 2. The number of furan rings is 1. The number of carbonyl (C=O) groups excluding carboxylic acids is 1. The number of carboxylic acid groups (broad SMARTS) is 1. The Labute approximate surface area is 94.6 Å². The second kappa shape index (κ2) is 4.97. The SMILES string of the molecule is CC(CNC(=O)c1ccc(Br)o1)C(=O)O. The molecule has 0 fully saturated rings. The van der Waals surface area contributed by atoms with Crippen LogP contribution < -0.4 is 5.32 Å². The van der Waals surface area contributed by atoms with Gasteiger partial charge in [-0.15, -0.1) is 0 Å². The molecule has 1 aromatic rings. The van der Waals surface area contributed by atoms with Crippen molar-refractivity contribution in [3.05, 3.63) is 22.6 Å². The van der Waals surface area contributed by atoms with E-state index in [1.54, 1.807) is 6.07 Å². The Morgan fingerprint density at radius 3 is 2.73 bits per heavy atom. The molecular formula is C9H10BrNO4. The maximum absolute atomic E-state index is 11.4. The Kier molecular flexibility index (Phi) is 3.90. The molecule has 1 amide bonds. The molecule has 15 heavy (non-hydrogen) atoms. The summed E-state index contributed by atoms with van der Waals surface area (Å²) in [7, 11) is 0. The monoisotopic (exact) mass is 275 g/mol. The fourth-order valence-electron chi connectivity index (χ4n) is 0.857. The summed E-state index contributed by atoms with van der Waals surface area (Å²) in [5, 5.41) is 11.0. The van der Waals surface area contributed by atoms with Crippen LogP contribution in [-0.4, -0.2) is 23.5 Å². The minimum Gasteiger partial charge on any atom is -0.481 e. The van der Waals surface area contributed by atoms with Crippen LogP contribution in [0.3, 0.4) is 0 Å². The highest BCUT2D eigenvalue weighted by atomic mass is 79.9. The largest absolute Gasteiger partial charge is 0.481 e. The van der Waals surface area contributed by atoms with Gasteiger partial charge in [0.25, 0.3) is 5.91 Å². The van der Waals surface area contributed by atoms with E-state index < -0.39 is 17.8 Å². The van der Waals surface area contributed by atoms with Crippen molar-refractivity contribution >= 4 is 27.8 Å². The van der Waals surface area contributed by atoms with Crippen molar-refractivity contribution in [2.75, 3.05) is 6.54 Å². The average molecular weight is 276 g/mol. The number of rotatable bonds is 4. The van der Waals surface area contributed by atoms with Gasteiger partial charge >= 0.3 is 5.97 Å². The Hall–Kier alpha value is -1.30. The van der Waals surface area contributed by atoms with E-state index in [-0.39, 0.29) is 12.3 Å². The predicted octanol–water partition coefficient (Wildman–Crippen LogP) is 1.49. The Morgan fingerprint density at radius 1 is 1.60 bits per heavy atom. The molecule has 1 unspecified atom stereocenters. The molecule has 82 valence electrons. The zero-order chi connectivity index (χ0) is 11.4. The number of nitrogens with one attached hydrogen (secondary N) is 1. The maximum atomic E-state index is 11.4. The second-order valence-corrected chi connectivity index (χ2v) is 3.83. The van der Waals surface area contributed by atoms with Gasteiger partial charge in [-0.05, 0) is 28.1 Å². The number of amides is 1. The molecule has 0 bridgehead atoms. The molecule has 0 saturated heterocycles. The van der Waals surface area contributed by atoms with Crippen LogP contribution in [0.15, 0.2) is 21.2 Å². The Bertz CT molecular complexity index is 374. The Balaban J connectivity index is 2.47. The van der Waals surface area contributed by atoms with E-state index >= 15 is 0 Å². The van der Waals surface area contributed by atoms with Gasteiger partial charge in [-0.1, -0.05) is 6.92 Å². The molecule has 0 aliphatic rings. The lowest BCUT2D eigenvalue weighted by molar-refractivity contribution is -0.140. The van der Waals surface area contributed by atoms with Crippen molar-refractivity contribution in [2.45, 2.75) is 6.92 Å². The van der Waals surface area contributed by atoms with E-state index in [9.17, 15) is 9.59 Å². The van der Waals surface area contributed by atoms with Crippen molar-refractivity contribution in [3.63, 3.8) is 0 Å². The summed E-state index contributed by atoms with van der Waals surface area (Å²) in [5.74, 6) is -1.84. The third kappa shape index (κ3) is 3.39. The topological polar surface area (TPSA) is 79.5 Å². The van der Waals surface area contributed by atoms with Gasteiger partial charge in [0.1, 0.15) is 0 Å². The summed E-state index contributed by atoms with van der Waals surface area (Å²) < 4.78 is 5.45. The molecule has 1 rings (SSSR count). The summed E-state index contributed by atoms with van der Waals surface area (Å²) in [6.07, 6.45) is 0. The summed E-state index contributed by atoms with van der Waals surface area (Å²) in [6.45, 7) is 1.59. The summed E-state index contributed by atoms with van der Waals surface area (Å²) in [4.78, 5) is 21.8. The van der Waals surface area contributed by atoms with Gasteiger partial charge in [-0.2, -0.15) is 0 Å². The third-order valence-corrected chi connectivity index (χ3v) is 2.21. The molecule has 1 atom stereocenters. The number of hydrogen-bond donors (Lipinski definition) is 2. The lowest BCUT2D eigenvalue weighted by Crippen LogP contribution is -2.31. The molecule has 5 nitrogen and oxygen atoms in total. The molecule has 6 heteroatoms. The second-order valence-electron chi connectivity index (χ2n) is 3.05. The van der Waals surface area contributed by atoms with Crippen LogP contribution in [0, 0.1) is 5.92 Å². The van der Waals surface area contributed by atoms with Crippen molar-refractivity contribution < 1.29 is 19.1 Å². The van der Waals surface area contributed by atoms with E-state index in [4.69, 9.17) is 9.52 Å². The highest BCUT2D eigenvalue weighted by Crippen LogP contribution is 2.13. The molecule has 1 heterocycles. The highest BCUT2D eigenvalue weighted by Gasteiger charge is 2.14. The summed E-state index contributed by atoms with van der Waals surface area (Å²) in [5.41, 5.74) is 0. The third-order valence-electron chi connectivity index (χ3n) is 1.79. The van der Waals surface area contributed by atoms with E-state index in [2.05, 4.69) is 21.2 Å². The zero-order valence-electron chi connectivity index (χ0n) is 7.99. The standard InChI is InChI=1S/C9H10BrNO4/c1-5(9(13)14)4-11-8(12)6-2-3-7(10)15-6/h2-3,5H,4H2,1H3,(H,11,12)(H,13,14). The Morgan fingerprint density at radius 2 is 2.27 bits per heavy atom. The van der Waals surface area contributed by atoms with Crippen molar-refractivity contribution in [2.24, 2.45) is 5.92 Å². The van der Waals surface area contributed by atoms with Crippen molar-refractivity contribution in [1.82, 2.24) is 5.32 Å². The lowest BCUT2D eigenvalue weighted by atomic mass is 10.2. The smallest absolute Gasteiger partial charge is 0.308 e. The van der Waals surface area contributed by atoms with Crippen LogP contribution in [0.1, 0.15) is 17.5 Å². The fourth-order valence-corrected chi connectivity index (χ4v) is 1.16. The first-order chi connectivity index (χ1) is 7.00. The predicted molar refractivity (Wildman–Crippen MR) is 55.5 cm³/mol. The first-order valence-electron chi connectivity index (χ1n) is 4.27. The number of carboxylic acids is 1. The average Bonchev–Trinajstić information content (AvgIpc) is 2.60. The number of aliphatic carboxylic acids is 1. The van der Waals surface area contributed by atoms with E-state index in [1.165, 1.54) is 13.0 Å². The molecule has 0 aliphatic heterocycles. The van der Waals surface area contributed by atoms with Crippen LogP contribution in [-0.2, 0) is 4.79 Å². The van der Waals surface area contributed by atoms with Crippen LogP contribution in [0.4, 0.5) is 0 Å². The number of halogens is 1. The molecule has 0 saturated carbocycles. The van der Waals surface area contributed by atoms with Gasteiger partial charge in [-0.25, -0.2) is 0 Å². The van der Waals surface area contributed by atoms with Gasteiger partial charge in [0.15, 0.2) is 10.4 Å². The summed E-state index contributed by atoms with van der Waals surface area (Å²) >= 11 is 3.06. The molecule has 0 aromatic carbocycles. The van der Waals surface area contributed by atoms with Crippen molar-refractivity contribution in [3.8, 4) is 0 Å². The minimum absolute atomic E-state index is 0.0759. The maximum Gasteiger partial charge on any atom is 0.308 e. The van der Waals surface area contributed by atoms with Crippen molar-refractivity contribution in [1.29, 1.82) is 0 Å². The van der Waals surface area contributed by atoms with Crippen LogP contribution in [0.5, 0.6) is 0 Å². The lowest BCUT2D eigenvalue weighted by Gasteiger charge is -2.06. The van der Waals surface area contributed by atoms with E-state index in [0.29, 0.717) is 4.67 Å². The molecular weight excluding hydrogens is 266 g/mol. The zero-order valence-corrected chi connectivity index (χ0v) is 9.58. The normalized spacial score (nSPS) is 12.1. The van der Waals surface area contributed by atoms with Gasteiger partial charge in [-0.3, -0.25) is 9.59 Å². The van der Waals surface area contributed by atoms with Gasteiger partial charge in [0.2, 0.25) is 0 Å². The number of hydrogen-bond acceptors (Lipinski definition) is 3. The molecule has 0 spiro atoms. The van der Waals surface area contributed by atoms with E-state index in [1.807, 2.05) is 0 Å². The first kappa shape index (κ1) is 11.8. The molecule has 2 N–H and O–H groups in total. The molecule has 0 radical (unpaired) electrons. The molecule has 0 aliphatic carbocycles. The summed E-state index contributed by atoms with van der Waals surface area (Å²) in [6, 6.07) is 3.10.